The Labute approximate surface area is 104 Å². The summed E-state index contributed by atoms with van der Waals surface area (Å²) in [7, 11) is 0. The Hall–Kier alpha value is -1.02. The normalized spacial score (nSPS) is 18.9. The molecule has 0 aromatic heterocycles. The van der Waals surface area contributed by atoms with Gasteiger partial charge in [-0.3, -0.25) is 0 Å². The summed E-state index contributed by atoms with van der Waals surface area (Å²) in [6, 6.07) is 7.69. The summed E-state index contributed by atoms with van der Waals surface area (Å²) in [5, 5.41) is 13.0. The lowest BCUT2D eigenvalue weighted by molar-refractivity contribution is 0.257. The van der Waals surface area contributed by atoms with Crippen molar-refractivity contribution in [3.63, 3.8) is 0 Å². The predicted octanol–water partition coefficient (Wildman–Crippen LogP) is 2.96. The molecule has 1 aliphatic rings. The summed E-state index contributed by atoms with van der Waals surface area (Å²) in [6.07, 6.45) is 3.78. The standard InChI is InChI=1S/C15H23NO/c1-3-16-11-15(2,13-7-8-13)10-12-5-4-6-14(17)9-12/h4-6,9,13,16-17H,3,7-8,10-11H2,1-2H3. The van der Waals surface area contributed by atoms with Crippen molar-refractivity contribution in [3.8, 4) is 5.75 Å². The SMILES string of the molecule is CCNCC(C)(Cc1cccc(O)c1)C1CC1. The fourth-order valence-corrected chi connectivity index (χ4v) is 2.67. The molecule has 0 bridgehead atoms. The van der Waals surface area contributed by atoms with Crippen molar-refractivity contribution in [2.45, 2.75) is 33.1 Å². The molecule has 1 aromatic carbocycles. The van der Waals surface area contributed by atoms with Crippen molar-refractivity contribution in [3.05, 3.63) is 29.8 Å². The monoisotopic (exact) mass is 233 g/mol. The van der Waals surface area contributed by atoms with Crippen LogP contribution in [0.1, 0.15) is 32.3 Å². The van der Waals surface area contributed by atoms with Gasteiger partial charge >= 0.3 is 0 Å². The second kappa shape index (κ2) is 5.09. The first kappa shape index (κ1) is 12.4. The number of hydrogen-bond acceptors (Lipinski definition) is 2. The molecule has 1 saturated carbocycles. The van der Waals surface area contributed by atoms with Crippen molar-refractivity contribution >= 4 is 0 Å². The number of rotatable bonds is 6. The molecular weight excluding hydrogens is 210 g/mol. The van der Waals surface area contributed by atoms with Gasteiger partial charge in [-0.1, -0.05) is 26.0 Å². The molecule has 17 heavy (non-hydrogen) atoms. The number of phenols is 1. The summed E-state index contributed by atoms with van der Waals surface area (Å²) in [6.45, 7) is 6.63. The maximum absolute atomic E-state index is 9.52. The maximum atomic E-state index is 9.52. The minimum Gasteiger partial charge on any atom is -0.508 e. The first-order valence-corrected chi connectivity index (χ1v) is 6.63. The predicted molar refractivity (Wildman–Crippen MR) is 71.2 cm³/mol. The Bertz CT molecular complexity index is 373. The molecule has 1 unspecified atom stereocenters. The molecule has 0 spiro atoms. The van der Waals surface area contributed by atoms with Gasteiger partial charge in [-0.25, -0.2) is 0 Å². The first-order valence-electron chi connectivity index (χ1n) is 6.63. The van der Waals surface area contributed by atoms with Gasteiger partial charge in [0.2, 0.25) is 0 Å². The number of hydrogen-bond donors (Lipinski definition) is 2. The Morgan fingerprint density at radius 3 is 2.76 bits per heavy atom. The summed E-state index contributed by atoms with van der Waals surface area (Å²) >= 11 is 0. The highest BCUT2D eigenvalue weighted by atomic mass is 16.3. The lowest BCUT2D eigenvalue weighted by Gasteiger charge is -2.30. The average molecular weight is 233 g/mol. The lowest BCUT2D eigenvalue weighted by atomic mass is 9.79. The van der Waals surface area contributed by atoms with Crippen LogP contribution < -0.4 is 5.32 Å². The topological polar surface area (TPSA) is 32.3 Å². The molecule has 0 saturated heterocycles. The van der Waals surface area contributed by atoms with E-state index in [1.54, 1.807) is 6.07 Å². The van der Waals surface area contributed by atoms with Gasteiger partial charge in [0.15, 0.2) is 0 Å². The van der Waals surface area contributed by atoms with Crippen LogP contribution in [0.25, 0.3) is 0 Å². The van der Waals surface area contributed by atoms with Crippen molar-refractivity contribution in [1.29, 1.82) is 0 Å². The fourth-order valence-electron chi connectivity index (χ4n) is 2.67. The van der Waals surface area contributed by atoms with E-state index < -0.39 is 0 Å². The molecule has 0 aliphatic heterocycles. The zero-order chi connectivity index (χ0) is 12.3. The Balaban J connectivity index is 2.06. The molecule has 94 valence electrons. The van der Waals surface area contributed by atoms with Gasteiger partial charge in [0, 0.05) is 6.54 Å². The fraction of sp³-hybridized carbons (Fsp3) is 0.600. The third kappa shape index (κ3) is 3.22. The van der Waals surface area contributed by atoms with Crippen molar-refractivity contribution in [2.75, 3.05) is 13.1 Å². The van der Waals surface area contributed by atoms with Gasteiger partial charge in [-0.15, -0.1) is 0 Å². The van der Waals surface area contributed by atoms with Crippen molar-refractivity contribution < 1.29 is 5.11 Å². The van der Waals surface area contributed by atoms with Crippen LogP contribution in [-0.4, -0.2) is 18.2 Å². The van der Waals surface area contributed by atoms with Gasteiger partial charge in [0.05, 0.1) is 0 Å². The smallest absolute Gasteiger partial charge is 0.115 e. The maximum Gasteiger partial charge on any atom is 0.115 e. The van der Waals surface area contributed by atoms with E-state index in [4.69, 9.17) is 0 Å². The van der Waals surface area contributed by atoms with Crippen LogP contribution in [0.15, 0.2) is 24.3 Å². The molecule has 2 rings (SSSR count). The van der Waals surface area contributed by atoms with Gasteiger partial charge in [0.1, 0.15) is 5.75 Å². The van der Waals surface area contributed by atoms with Gasteiger partial charge in [-0.05, 0) is 54.8 Å². The summed E-state index contributed by atoms with van der Waals surface area (Å²) in [5.74, 6) is 1.23. The van der Waals surface area contributed by atoms with Crippen LogP contribution >= 0.6 is 0 Å². The third-order valence-electron chi connectivity index (χ3n) is 3.86. The minimum absolute atomic E-state index is 0.337. The summed E-state index contributed by atoms with van der Waals surface area (Å²) < 4.78 is 0. The number of benzene rings is 1. The molecule has 2 heteroatoms. The molecular formula is C15H23NO. The Kier molecular flexibility index (Phi) is 3.72. The molecule has 0 heterocycles. The van der Waals surface area contributed by atoms with E-state index in [1.807, 2.05) is 12.1 Å². The van der Waals surface area contributed by atoms with E-state index in [0.29, 0.717) is 11.2 Å². The molecule has 1 aliphatic carbocycles. The highest BCUT2D eigenvalue weighted by Gasteiger charge is 2.40. The van der Waals surface area contributed by atoms with E-state index >= 15 is 0 Å². The molecule has 2 nitrogen and oxygen atoms in total. The second-order valence-electron chi connectivity index (χ2n) is 5.56. The summed E-state index contributed by atoms with van der Waals surface area (Å²) in [5.41, 5.74) is 1.58. The molecule has 1 aromatic rings. The van der Waals surface area contributed by atoms with E-state index in [2.05, 4.69) is 25.2 Å². The molecule has 1 fully saturated rings. The molecule has 0 amide bonds. The summed E-state index contributed by atoms with van der Waals surface area (Å²) in [4.78, 5) is 0. The van der Waals surface area contributed by atoms with Crippen molar-refractivity contribution in [1.82, 2.24) is 5.32 Å². The number of aromatic hydroxyl groups is 1. The van der Waals surface area contributed by atoms with Crippen LogP contribution in [0.4, 0.5) is 0 Å². The van der Waals surface area contributed by atoms with E-state index in [-0.39, 0.29) is 0 Å². The first-order chi connectivity index (χ1) is 8.14. The molecule has 2 N–H and O–H groups in total. The van der Waals surface area contributed by atoms with Gasteiger partial charge in [0.25, 0.3) is 0 Å². The van der Waals surface area contributed by atoms with Crippen LogP contribution in [0.3, 0.4) is 0 Å². The van der Waals surface area contributed by atoms with Crippen LogP contribution in [0, 0.1) is 11.3 Å². The third-order valence-corrected chi connectivity index (χ3v) is 3.86. The lowest BCUT2D eigenvalue weighted by Crippen LogP contribution is -2.35. The van der Waals surface area contributed by atoms with Gasteiger partial charge in [-0.2, -0.15) is 0 Å². The minimum atomic E-state index is 0.337. The number of phenolic OH excluding ortho intramolecular Hbond substituents is 1. The zero-order valence-electron chi connectivity index (χ0n) is 10.9. The highest BCUT2D eigenvalue weighted by Crippen LogP contribution is 2.47. The van der Waals surface area contributed by atoms with Crippen LogP contribution in [-0.2, 0) is 6.42 Å². The number of nitrogens with one attached hydrogen (secondary N) is 1. The zero-order valence-corrected chi connectivity index (χ0v) is 10.9. The Morgan fingerprint density at radius 1 is 1.41 bits per heavy atom. The quantitative estimate of drug-likeness (QED) is 0.791. The Morgan fingerprint density at radius 2 is 2.18 bits per heavy atom. The molecule has 1 atom stereocenters. The van der Waals surface area contributed by atoms with Gasteiger partial charge < -0.3 is 10.4 Å². The van der Waals surface area contributed by atoms with E-state index in [1.165, 1.54) is 18.4 Å². The van der Waals surface area contributed by atoms with E-state index in [9.17, 15) is 5.11 Å². The van der Waals surface area contributed by atoms with Crippen LogP contribution in [0.5, 0.6) is 5.75 Å². The van der Waals surface area contributed by atoms with E-state index in [0.717, 1.165) is 25.4 Å². The average Bonchev–Trinajstić information content (AvgIpc) is 3.10. The highest BCUT2D eigenvalue weighted by molar-refractivity contribution is 5.28. The second-order valence-corrected chi connectivity index (χ2v) is 5.56. The van der Waals surface area contributed by atoms with Crippen molar-refractivity contribution in [2.24, 2.45) is 11.3 Å². The van der Waals surface area contributed by atoms with Crippen LogP contribution in [0.2, 0.25) is 0 Å². The molecule has 0 radical (unpaired) electrons. The largest absolute Gasteiger partial charge is 0.508 e.